The van der Waals surface area contributed by atoms with E-state index in [2.05, 4.69) is 4.74 Å². The molecule has 0 aromatic carbocycles. The lowest BCUT2D eigenvalue weighted by Gasteiger charge is -1.93. The van der Waals surface area contributed by atoms with Gasteiger partial charge in [-0.1, -0.05) is 13.3 Å². The Balaban J connectivity index is 3.71. The number of allylic oxidation sites excluding steroid dienone is 1. The summed E-state index contributed by atoms with van der Waals surface area (Å²) in [6.45, 7) is 2.00. The first-order valence-electron chi connectivity index (χ1n) is 3.66. The molecule has 0 radical (unpaired) electrons. The van der Waals surface area contributed by atoms with E-state index in [9.17, 15) is 9.18 Å². The number of rotatable bonds is 4. The van der Waals surface area contributed by atoms with Crippen LogP contribution in [0.2, 0.25) is 0 Å². The van der Waals surface area contributed by atoms with Gasteiger partial charge in [0.25, 0.3) is 0 Å². The number of halogens is 1. The Bertz CT molecular complexity index is 152. The van der Waals surface area contributed by atoms with Crippen molar-refractivity contribution in [1.29, 1.82) is 0 Å². The minimum absolute atomic E-state index is 0.595. The summed E-state index contributed by atoms with van der Waals surface area (Å²) in [5.74, 6) is -1.68. The molecule has 0 heterocycles. The van der Waals surface area contributed by atoms with Crippen molar-refractivity contribution in [2.24, 2.45) is 0 Å². The predicted molar refractivity (Wildman–Crippen MR) is 40.7 cm³/mol. The maximum atomic E-state index is 12.5. The molecule has 0 unspecified atom stereocenters. The molecule has 0 aromatic heterocycles. The van der Waals surface area contributed by atoms with Crippen molar-refractivity contribution in [3.63, 3.8) is 0 Å². The van der Waals surface area contributed by atoms with Gasteiger partial charge >= 0.3 is 5.97 Å². The maximum absolute atomic E-state index is 12.5. The minimum Gasteiger partial charge on any atom is -0.464 e. The molecule has 3 heteroatoms. The summed E-state index contributed by atoms with van der Waals surface area (Å²) in [5.41, 5.74) is 0. The third-order valence-corrected chi connectivity index (χ3v) is 1.26. The van der Waals surface area contributed by atoms with E-state index in [1.165, 1.54) is 6.08 Å². The van der Waals surface area contributed by atoms with Crippen LogP contribution in [0, 0.1) is 0 Å². The highest BCUT2D eigenvalue weighted by Gasteiger charge is 2.05. The van der Waals surface area contributed by atoms with E-state index in [4.69, 9.17) is 0 Å². The zero-order valence-corrected chi connectivity index (χ0v) is 6.89. The maximum Gasteiger partial charge on any atom is 0.366 e. The van der Waals surface area contributed by atoms with Gasteiger partial charge in [0.15, 0.2) is 0 Å². The van der Waals surface area contributed by atoms with Crippen molar-refractivity contribution >= 4 is 5.97 Å². The molecule has 0 saturated heterocycles. The Morgan fingerprint density at radius 2 is 2.27 bits per heavy atom. The van der Waals surface area contributed by atoms with Crippen molar-refractivity contribution < 1.29 is 13.9 Å². The van der Waals surface area contributed by atoms with Gasteiger partial charge in [-0.15, -0.1) is 0 Å². The highest BCUT2D eigenvalue weighted by Crippen LogP contribution is 2.03. The number of methoxy groups -OCH3 is 1. The summed E-state index contributed by atoms with van der Waals surface area (Å²) in [6, 6.07) is 0. The Labute approximate surface area is 66.0 Å². The molecule has 0 aliphatic heterocycles. The fourth-order valence-corrected chi connectivity index (χ4v) is 0.614. The second kappa shape index (κ2) is 5.89. The molecule has 0 rings (SSSR count). The lowest BCUT2D eigenvalue weighted by atomic mass is 10.2. The first kappa shape index (κ1) is 10.1. The molecule has 0 bridgehead atoms. The monoisotopic (exact) mass is 160 g/mol. The molecule has 2 nitrogen and oxygen atoms in total. The van der Waals surface area contributed by atoms with Crippen molar-refractivity contribution in [2.45, 2.75) is 26.2 Å². The van der Waals surface area contributed by atoms with E-state index >= 15 is 0 Å². The van der Waals surface area contributed by atoms with Crippen LogP contribution in [0.15, 0.2) is 11.9 Å². The Kier molecular flexibility index (Phi) is 5.43. The van der Waals surface area contributed by atoms with Crippen LogP contribution < -0.4 is 0 Å². The number of carbonyl (C=O) groups excluding carboxylic acids is 1. The van der Waals surface area contributed by atoms with Gasteiger partial charge in [0, 0.05) is 0 Å². The van der Waals surface area contributed by atoms with Gasteiger partial charge in [-0.25, -0.2) is 4.79 Å². The van der Waals surface area contributed by atoms with Crippen LogP contribution in [0.1, 0.15) is 26.2 Å². The SMILES string of the molecule is CCCC/C=C(\F)C(=O)OC. The molecular weight excluding hydrogens is 147 g/mol. The smallest absolute Gasteiger partial charge is 0.366 e. The van der Waals surface area contributed by atoms with Gasteiger partial charge in [0.1, 0.15) is 0 Å². The topological polar surface area (TPSA) is 26.3 Å². The average Bonchev–Trinajstić information content (AvgIpc) is 2.03. The summed E-state index contributed by atoms with van der Waals surface area (Å²) in [7, 11) is 1.16. The summed E-state index contributed by atoms with van der Waals surface area (Å²) in [5, 5.41) is 0. The molecular formula is C8H13FO2. The first-order chi connectivity index (χ1) is 5.22. The second-order valence-electron chi connectivity index (χ2n) is 2.19. The van der Waals surface area contributed by atoms with Crippen LogP contribution in [0.3, 0.4) is 0 Å². The van der Waals surface area contributed by atoms with E-state index in [1.807, 2.05) is 6.92 Å². The summed E-state index contributed by atoms with van der Waals surface area (Å²) >= 11 is 0. The number of unbranched alkanes of at least 4 members (excludes halogenated alkanes) is 2. The molecule has 0 fully saturated rings. The number of esters is 1. The molecule has 0 aliphatic carbocycles. The number of hydrogen-bond acceptors (Lipinski definition) is 2. The predicted octanol–water partition coefficient (Wildman–Crippen LogP) is 2.20. The summed E-state index contributed by atoms with van der Waals surface area (Å²) in [4.78, 5) is 10.4. The Hall–Kier alpha value is -0.860. The van der Waals surface area contributed by atoms with E-state index in [0.29, 0.717) is 6.42 Å². The Morgan fingerprint density at radius 3 is 2.73 bits per heavy atom. The van der Waals surface area contributed by atoms with Crippen LogP contribution >= 0.6 is 0 Å². The molecule has 0 N–H and O–H groups in total. The molecule has 0 saturated carbocycles. The van der Waals surface area contributed by atoms with Gasteiger partial charge in [-0.05, 0) is 18.9 Å². The van der Waals surface area contributed by atoms with Gasteiger partial charge < -0.3 is 4.74 Å². The van der Waals surface area contributed by atoms with Crippen molar-refractivity contribution in [3.05, 3.63) is 11.9 Å². The normalized spacial score (nSPS) is 11.4. The van der Waals surface area contributed by atoms with Crippen LogP contribution in [-0.4, -0.2) is 13.1 Å². The van der Waals surface area contributed by atoms with Crippen molar-refractivity contribution in [2.75, 3.05) is 7.11 Å². The highest BCUT2D eigenvalue weighted by molar-refractivity contribution is 5.85. The molecule has 0 aliphatic rings. The number of hydrogen-bond donors (Lipinski definition) is 0. The lowest BCUT2D eigenvalue weighted by molar-refractivity contribution is -0.137. The summed E-state index contributed by atoms with van der Waals surface area (Å²) < 4.78 is 16.7. The zero-order chi connectivity index (χ0) is 8.69. The van der Waals surface area contributed by atoms with Gasteiger partial charge in [-0.3, -0.25) is 0 Å². The average molecular weight is 160 g/mol. The fraction of sp³-hybridized carbons (Fsp3) is 0.625. The Morgan fingerprint density at radius 1 is 1.64 bits per heavy atom. The van der Waals surface area contributed by atoms with E-state index < -0.39 is 11.8 Å². The highest BCUT2D eigenvalue weighted by atomic mass is 19.1. The molecule has 0 atom stereocenters. The van der Waals surface area contributed by atoms with Crippen LogP contribution in [0.5, 0.6) is 0 Å². The minimum atomic E-state index is -0.888. The third kappa shape index (κ3) is 4.53. The first-order valence-corrected chi connectivity index (χ1v) is 3.66. The van der Waals surface area contributed by atoms with Gasteiger partial charge in [0.2, 0.25) is 5.83 Å². The van der Waals surface area contributed by atoms with Gasteiger partial charge in [0.05, 0.1) is 7.11 Å². The van der Waals surface area contributed by atoms with Crippen LogP contribution in [0.4, 0.5) is 4.39 Å². The van der Waals surface area contributed by atoms with E-state index in [0.717, 1.165) is 20.0 Å². The summed E-state index contributed by atoms with van der Waals surface area (Å²) in [6.07, 6.45) is 3.74. The van der Waals surface area contributed by atoms with Crippen LogP contribution in [0.25, 0.3) is 0 Å². The third-order valence-electron chi connectivity index (χ3n) is 1.26. The number of ether oxygens (including phenoxy) is 1. The zero-order valence-electron chi connectivity index (χ0n) is 6.89. The largest absolute Gasteiger partial charge is 0.464 e. The molecule has 0 amide bonds. The van der Waals surface area contributed by atoms with Crippen molar-refractivity contribution in [3.8, 4) is 0 Å². The van der Waals surface area contributed by atoms with Gasteiger partial charge in [-0.2, -0.15) is 4.39 Å². The quantitative estimate of drug-likeness (QED) is 0.358. The van der Waals surface area contributed by atoms with Crippen molar-refractivity contribution in [1.82, 2.24) is 0 Å². The standard InChI is InChI=1S/C8H13FO2/c1-3-4-5-6-7(9)8(10)11-2/h6H,3-5H2,1-2H3/b7-6-. The molecule has 0 spiro atoms. The lowest BCUT2D eigenvalue weighted by Crippen LogP contribution is -1.99. The molecule has 11 heavy (non-hydrogen) atoms. The van der Waals surface area contributed by atoms with E-state index in [1.54, 1.807) is 0 Å². The second-order valence-corrected chi connectivity index (χ2v) is 2.19. The van der Waals surface area contributed by atoms with E-state index in [-0.39, 0.29) is 0 Å². The molecule has 0 aromatic rings. The molecule has 64 valence electrons. The fourth-order valence-electron chi connectivity index (χ4n) is 0.614. The number of carbonyl (C=O) groups is 1. The van der Waals surface area contributed by atoms with Crippen LogP contribution in [-0.2, 0) is 9.53 Å².